The van der Waals surface area contributed by atoms with E-state index in [2.05, 4.69) is 36.1 Å². The number of hydrogen-bond donors (Lipinski definition) is 2. The fourth-order valence-corrected chi connectivity index (χ4v) is 2.03. The maximum Gasteiger partial charge on any atom is 0.0468 e. The Kier molecular flexibility index (Phi) is 4.42. The Morgan fingerprint density at radius 2 is 2.23 bits per heavy atom. The molecule has 1 heterocycles. The summed E-state index contributed by atoms with van der Waals surface area (Å²) in [6, 6.07) is 2.46. The highest BCUT2D eigenvalue weighted by Crippen LogP contribution is 2.21. The van der Waals surface area contributed by atoms with Crippen LogP contribution in [0.2, 0.25) is 0 Å². The van der Waals surface area contributed by atoms with Gasteiger partial charge in [0, 0.05) is 6.04 Å². The van der Waals surface area contributed by atoms with Crippen LogP contribution in [0.1, 0.15) is 38.3 Å². The Labute approximate surface area is 84.1 Å². The second-order valence-corrected chi connectivity index (χ2v) is 4.53. The SMILES string of the molecule is CC(C)CCC(NN)c1ccsc1. The van der Waals surface area contributed by atoms with Crippen LogP contribution >= 0.6 is 11.3 Å². The Hall–Kier alpha value is -0.380. The summed E-state index contributed by atoms with van der Waals surface area (Å²) in [5, 5.41) is 4.25. The van der Waals surface area contributed by atoms with Crippen molar-refractivity contribution in [1.82, 2.24) is 5.43 Å². The molecule has 0 aromatic carbocycles. The zero-order valence-electron chi connectivity index (χ0n) is 8.29. The quantitative estimate of drug-likeness (QED) is 0.564. The van der Waals surface area contributed by atoms with Crippen LogP contribution < -0.4 is 11.3 Å². The molecule has 0 aliphatic rings. The van der Waals surface area contributed by atoms with Gasteiger partial charge in [0.05, 0.1) is 0 Å². The van der Waals surface area contributed by atoms with Crippen molar-refractivity contribution in [2.24, 2.45) is 11.8 Å². The van der Waals surface area contributed by atoms with E-state index >= 15 is 0 Å². The van der Waals surface area contributed by atoms with Crippen LogP contribution in [-0.2, 0) is 0 Å². The van der Waals surface area contributed by atoms with E-state index in [9.17, 15) is 0 Å². The second kappa shape index (κ2) is 5.37. The molecule has 3 N–H and O–H groups in total. The van der Waals surface area contributed by atoms with Gasteiger partial charge in [0.25, 0.3) is 0 Å². The average molecular weight is 198 g/mol. The molecule has 74 valence electrons. The molecule has 2 nitrogen and oxygen atoms in total. The second-order valence-electron chi connectivity index (χ2n) is 3.75. The summed E-state index contributed by atoms with van der Waals surface area (Å²) in [5.41, 5.74) is 4.18. The molecule has 0 amide bonds. The fourth-order valence-electron chi connectivity index (χ4n) is 1.32. The minimum Gasteiger partial charge on any atom is -0.271 e. The molecule has 3 heteroatoms. The summed E-state index contributed by atoms with van der Waals surface area (Å²) < 4.78 is 0. The first kappa shape index (κ1) is 10.7. The van der Waals surface area contributed by atoms with Gasteiger partial charge in [0.2, 0.25) is 0 Å². The lowest BCUT2D eigenvalue weighted by Crippen LogP contribution is -2.27. The highest BCUT2D eigenvalue weighted by Gasteiger charge is 2.09. The molecule has 1 aromatic rings. The van der Waals surface area contributed by atoms with Crippen LogP contribution in [0.3, 0.4) is 0 Å². The Morgan fingerprint density at radius 3 is 2.69 bits per heavy atom. The minimum absolute atomic E-state index is 0.327. The maximum atomic E-state index is 5.50. The molecule has 0 aliphatic carbocycles. The van der Waals surface area contributed by atoms with Crippen molar-refractivity contribution in [3.63, 3.8) is 0 Å². The molecule has 0 saturated carbocycles. The summed E-state index contributed by atoms with van der Waals surface area (Å²) in [6.07, 6.45) is 2.33. The molecule has 0 saturated heterocycles. The lowest BCUT2D eigenvalue weighted by atomic mass is 10.0. The summed E-state index contributed by atoms with van der Waals surface area (Å²) in [6.45, 7) is 4.47. The molecule has 0 spiro atoms. The van der Waals surface area contributed by atoms with Crippen molar-refractivity contribution < 1.29 is 0 Å². The largest absolute Gasteiger partial charge is 0.271 e. The Morgan fingerprint density at radius 1 is 1.46 bits per heavy atom. The predicted octanol–water partition coefficient (Wildman–Crippen LogP) is 2.69. The van der Waals surface area contributed by atoms with E-state index in [0.717, 1.165) is 12.3 Å². The molecular formula is C10H18N2S. The van der Waals surface area contributed by atoms with Crippen molar-refractivity contribution in [3.8, 4) is 0 Å². The zero-order chi connectivity index (χ0) is 9.68. The first-order chi connectivity index (χ1) is 6.24. The van der Waals surface area contributed by atoms with Crippen LogP contribution in [0.25, 0.3) is 0 Å². The number of nitrogens with one attached hydrogen (secondary N) is 1. The third-order valence-corrected chi connectivity index (χ3v) is 2.88. The Balaban J connectivity index is 2.44. The molecule has 0 aliphatic heterocycles. The summed E-state index contributed by atoms with van der Waals surface area (Å²) in [4.78, 5) is 0. The van der Waals surface area contributed by atoms with Crippen LogP contribution in [0.15, 0.2) is 16.8 Å². The van der Waals surface area contributed by atoms with Gasteiger partial charge in [0.1, 0.15) is 0 Å². The van der Waals surface area contributed by atoms with E-state index in [0.29, 0.717) is 6.04 Å². The van der Waals surface area contributed by atoms with E-state index in [-0.39, 0.29) is 0 Å². The molecule has 1 unspecified atom stereocenters. The zero-order valence-corrected chi connectivity index (χ0v) is 9.10. The highest BCUT2D eigenvalue weighted by atomic mass is 32.1. The van der Waals surface area contributed by atoms with Gasteiger partial charge in [-0.15, -0.1) is 0 Å². The third kappa shape index (κ3) is 3.46. The van der Waals surface area contributed by atoms with Gasteiger partial charge in [0.15, 0.2) is 0 Å². The summed E-state index contributed by atoms with van der Waals surface area (Å²) in [7, 11) is 0. The number of thiophene rings is 1. The van der Waals surface area contributed by atoms with Gasteiger partial charge >= 0.3 is 0 Å². The number of nitrogens with two attached hydrogens (primary N) is 1. The van der Waals surface area contributed by atoms with Crippen molar-refractivity contribution in [2.75, 3.05) is 0 Å². The first-order valence-corrected chi connectivity index (χ1v) is 5.66. The van der Waals surface area contributed by atoms with Crippen LogP contribution in [0.5, 0.6) is 0 Å². The van der Waals surface area contributed by atoms with Crippen LogP contribution in [-0.4, -0.2) is 0 Å². The van der Waals surface area contributed by atoms with E-state index in [1.54, 1.807) is 11.3 Å². The first-order valence-electron chi connectivity index (χ1n) is 4.72. The van der Waals surface area contributed by atoms with E-state index in [1.807, 2.05) is 0 Å². The smallest absolute Gasteiger partial charge is 0.0468 e. The van der Waals surface area contributed by atoms with Crippen LogP contribution in [0, 0.1) is 5.92 Å². The molecule has 0 bridgehead atoms. The molecule has 1 aromatic heterocycles. The monoisotopic (exact) mass is 198 g/mol. The van der Waals surface area contributed by atoms with Crippen molar-refractivity contribution in [3.05, 3.63) is 22.4 Å². The number of rotatable bonds is 5. The summed E-state index contributed by atoms with van der Waals surface area (Å²) >= 11 is 1.72. The molecule has 0 fully saturated rings. The normalized spacial score (nSPS) is 13.5. The fraction of sp³-hybridized carbons (Fsp3) is 0.600. The molecular weight excluding hydrogens is 180 g/mol. The van der Waals surface area contributed by atoms with Gasteiger partial charge in [-0.25, -0.2) is 0 Å². The highest BCUT2D eigenvalue weighted by molar-refractivity contribution is 7.07. The minimum atomic E-state index is 0.327. The number of hydrazine groups is 1. The van der Waals surface area contributed by atoms with E-state index < -0.39 is 0 Å². The molecule has 1 rings (SSSR count). The van der Waals surface area contributed by atoms with Gasteiger partial charge in [-0.2, -0.15) is 11.3 Å². The molecule has 1 atom stereocenters. The standard InChI is InChI=1S/C10H18N2S/c1-8(2)3-4-10(12-11)9-5-6-13-7-9/h5-8,10,12H,3-4,11H2,1-2H3. The maximum absolute atomic E-state index is 5.50. The van der Waals surface area contributed by atoms with Crippen LogP contribution in [0.4, 0.5) is 0 Å². The topological polar surface area (TPSA) is 38.0 Å². The van der Waals surface area contributed by atoms with Gasteiger partial charge in [-0.1, -0.05) is 13.8 Å². The van der Waals surface area contributed by atoms with E-state index in [4.69, 9.17) is 5.84 Å². The predicted molar refractivity (Wildman–Crippen MR) is 58.5 cm³/mol. The van der Waals surface area contributed by atoms with Crippen molar-refractivity contribution in [1.29, 1.82) is 0 Å². The van der Waals surface area contributed by atoms with Crippen molar-refractivity contribution in [2.45, 2.75) is 32.7 Å². The third-order valence-electron chi connectivity index (χ3n) is 2.18. The van der Waals surface area contributed by atoms with E-state index in [1.165, 1.54) is 12.0 Å². The summed E-state index contributed by atoms with van der Waals surface area (Å²) in [5.74, 6) is 6.25. The molecule has 0 radical (unpaired) electrons. The lowest BCUT2D eigenvalue weighted by Gasteiger charge is -2.15. The van der Waals surface area contributed by atoms with Gasteiger partial charge in [-0.3, -0.25) is 11.3 Å². The average Bonchev–Trinajstić information content (AvgIpc) is 2.58. The molecule has 13 heavy (non-hydrogen) atoms. The van der Waals surface area contributed by atoms with Gasteiger partial charge in [-0.05, 0) is 41.1 Å². The lowest BCUT2D eigenvalue weighted by molar-refractivity contribution is 0.449. The van der Waals surface area contributed by atoms with Gasteiger partial charge < -0.3 is 0 Å². The van der Waals surface area contributed by atoms with Crippen molar-refractivity contribution >= 4 is 11.3 Å². The Bertz CT molecular complexity index is 219. The number of hydrogen-bond acceptors (Lipinski definition) is 3.